The maximum Gasteiger partial charge on any atom is 0.251 e. The number of nitrogens with one attached hydrogen (secondary N) is 1. The van der Waals surface area contributed by atoms with Gasteiger partial charge >= 0.3 is 0 Å². The second-order valence-electron chi connectivity index (χ2n) is 4.57. The van der Waals surface area contributed by atoms with Gasteiger partial charge in [0.25, 0.3) is 5.91 Å². The Morgan fingerprint density at radius 3 is 2.23 bits per heavy atom. The lowest BCUT2D eigenvalue weighted by Crippen LogP contribution is -2.29. The highest BCUT2D eigenvalue weighted by molar-refractivity contribution is 6.02. The summed E-state index contributed by atoms with van der Waals surface area (Å²) in [5.74, 6) is 0.788. The van der Waals surface area contributed by atoms with Gasteiger partial charge in [0.1, 0.15) is 11.5 Å². The Kier molecular flexibility index (Phi) is 5.14. The summed E-state index contributed by atoms with van der Waals surface area (Å²) in [4.78, 5) is 24.0. The van der Waals surface area contributed by atoms with Crippen LogP contribution >= 0.6 is 0 Å². The number of methoxy groups -OCH3 is 2. The highest BCUT2D eigenvalue weighted by atomic mass is 16.5. The van der Waals surface area contributed by atoms with Crippen LogP contribution in [0, 0.1) is 0 Å². The molecule has 0 fully saturated rings. The predicted octanol–water partition coefficient (Wildman–Crippen LogP) is 2.32. The van der Waals surface area contributed by atoms with E-state index in [0.29, 0.717) is 22.6 Å². The summed E-state index contributed by atoms with van der Waals surface area (Å²) < 4.78 is 10.1. The van der Waals surface area contributed by atoms with Gasteiger partial charge in [0.2, 0.25) is 0 Å². The summed E-state index contributed by atoms with van der Waals surface area (Å²) >= 11 is 0. The minimum Gasteiger partial charge on any atom is -0.497 e. The first kappa shape index (κ1) is 15.6. The molecule has 1 amide bonds. The molecule has 0 saturated heterocycles. The zero-order valence-electron chi connectivity index (χ0n) is 12.5. The van der Waals surface area contributed by atoms with Crippen molar-refractivity contribution >= 4 is 11.7 Å². The Bertz CT molecular complexity index is 665. The number of ether oxygens (including phenoxy) is 2. The highest BCUT2D eigenvalue weighted by Crippen LogP contribution is 2.13. The van der Waals surface area contributed by atoms with Crippen LogP contribution in [0.25, 0.3) is 0 Å². The van der Waals surface area contributed by atoms with E-state index in [1.165, 1.54) is 7.11 Å². The van der Waals surface area contributed by atoms with E-state index in [2.05, 4.69) is 5.32 Å². The normalized spacial score (nSPS) is 9.91. The molecule has 5 heteroatoms. The van der Waals surface area contributed by atoms with E-state index in [0.717, 1.165) is 0 Å². The van der Waals surface area contributed by atoms with Gasteiger partial charge in [-0.2, -0.15) is 0 Å². The second kappa shape index (κ2) is 7.26. The molecule has 1 N–H and O–H groups in total. The fourth-order valence-electron chi connectivity index (χ4n) is 1.90. The molecule has 0 heterocycles. The van der Waals surface area contributed by atoms with Gasteiger partial charge in [-0.3, -0.25) is 9.59 Å². The standard InChI is InChI=1S/C17H17NO4/c1-21-14-8-6-12(7-9-14)17(20)18-11-16(19)13-4-3-5-15(10-13)22-2/h3-10H,11H2,1-2H3,(H,18,20). The van der Waals surface area contributed by atoms with Crippen molar-refractivity contribution in [1.82, 2.24) is 5.32 Å². The molecule has 22 heavy (non-hydrogen) atoms. The van der Waals surface area contributed by atoms with Crippen LogP contribution in [0.4, 0.5) is 0 Å². The molecule has 0 bridgehead atoms. The van der Waals surface area contributed by atoms with Crippen LogP contribution in [0.5, 0.6) is 11.5 Å². The van der Waals surface area contributed by atoms with Crippen molar-refractivity contribution in [3.05, 3.63) is 59.7 Å². The first-order chi connectivity index (χ1) is 10.6. The number of ketones is 1. The van der Waals surface area contributed by atoms with E-state index >= 15 is 0 Å². The van der Waals surface area contributed by atoms with Crippen LogP contribution < -0.4 is 14.8 Å². The molecule has 2 rings (SSSR count). The summed E-state index contributed by atoms with van der Waals surface area (Å²) in [6, 6.07) is 13.5. The third kappa shape index (κ3) is 3.85. The molecule has 0 aliphatic rings. The molecule has 0 aromatic heterocycles. The molecule has 0 saturated carbocycles. The molecule has 2 aromatic rings. The first-order valence-electron chi connectivity index (χ1n) is 6.73. The van der Waals surface area contributed by atoms with Gasteiger partial charge in [-0.1, -0.05) is 12.1 Å². The van der Waals surface area contributed by atoms with Crippen LogP contribution in [0.2, 0.25) is 0 Å². The average Bonchev–Trinajstić information content (AvgIpc) is 2.59. The number of hydrogen-bond acceptors (Lipinski definition) is 4. The lowest BCUT2D eigenvalue weighted by molar-refractivity contribution is 0.0904. The summed E-state index contributed by atoms with van der Waals surface area (Å²) in [6.45, 7) is -0.0714. The molecule has 0 atom stereocenters. The second-order valence-corrected chi connectivity index (χ2v) is 4.57. The number of benzene rings is 2. The Balaban J connectivity index is 1.96. The van der Waals surface area contributed by atoms with Gasteiger partial charge in [-0.15, -0.1) is 0 Å². The number of hydrogen-bond donors (Lipinski definition) is 1. The predicted molar refractivity (Wildman–Crippen MR) is 82.7 cm³/mol. The molecule has 5 nitrogen and oxygen atoms in total. The number of rotatable bonds is 6. The molecule has 0 spiro atoms. The molecular formula is C17H17NO4. The Hall–Kier alpha value is -2.82. The van der Waals surface area contributed by atoms with E-state index in [9.17, 15) is 9.59 Å². The van der Waals surface area contributed by atoms with Crippen LogP contribution in [0.1, 0.15) is 20.7 Å². The lowest BCUT2D eigenvalue weighted by Gasteiger charge is -2.07. The maximum absolute atomic E-state index is 12.1. The summed E-state index contributed by atoms with van der Waals surface area (Å²) in [5, 5.41) is 2.60. The van der Waals surface area contributed by atoms with E-state index in [1.807, 2.05) is 0 Å². The molecule has 0 unspecified atom stereocenters. The van der Waals surface area contributed by atoms with Crippen LogP contribution in [0.3, 0.4) is 0 Å². The molecule has 0 radical (unpaired) electrons. The zero-order valence-corrected chi connectivity index (χ0v) is 12.5. The lowest BCUT2D eigenvalue weighted by atomic mass is 10.1. The van der Waals surface area contributed by atoms with Gasteiger partial charge in [-0.25, -0.2) is 0 Å². The van der Waals surface area contributed by atoms with Crippen molar-refractivity contribution in [2.24, 2.45) is 0 Å². The van der Waals surface area contributed by atoms with Gasteiger partial charge in [0.05, 0.1) is 20.8 Å². The topological polar surface area (TPSA) is 64.6 Å². The molecule has 114 valence electrons. The monoisotopic (exact) mass is 299 g/mol. The molecular weight excluding hydrogens is 282 g/mol. The van der Waals surface area contributed by atoms with Crippen molar-refractivity contribution in [3.8, 4) is 11.5 Å². The number of Topliss-reactive ketones (excluding diaryl/α,β-unsaturated/α-hetero) is 1. The summed E-state index contributed by atoms with van der Waals surface area (Å²) in [6.07, 6.45) is 0. The number of carbonyl (C=O) groups is 2. The smallest absolute Gasteiger partial charge is 0.251 e. The van der Waals surface area contributed by atoms with Crippen molar-refractivity contribution in [2.75, 3.05) is 20.8 Å². The van der Waals surface area contributed by atoms with Crippen molar-refractivity contribution < 1.29 is 19.1 Å². The highest BCUT2D eigenvalue weighted by Gasteiger charge is 2.10. The third-order valence-electron chi connectivity index (χ3n) is 3.15. The van der Waals surface area contributed by atoms with E-state index < -0.39 is 0 Å². The van der Waals surface area contributed by atoms with E-state index in [1.54, 1.807) is 55.6 Å². The zero-order chi connectivity index (χ0) is 15.9. The quantitative estimate of drug-likeness (QED) is 0.831. The van der Waals surface area contributed by atoms with Gasteiger partial charge in [0.15, 0.2) is 5.78 Å². The van der Waals surface area contributed by atoms with Gasteiger partial charge in [-0.05, 0) is 36.4 Å². The van der Waals surface area contributed by atoms with Gasteiger partial charge < -0.3 is 14.8 Å². The Morgan fingerprint density at radius 1 is 0.909 bits per heavy atom. The summed E-state index contributed by atoms with van der Waals surface area (Å²) in [7, 11) is 3.09. The maximum atomic E-state index is 12.1. The largest absolute Gasteiger partial charge is 0.497 e. The van der Waals surface area contributed by atoms with Crippen molar-refractivity contribution in [1.29, 1.82) is 0 Å². The van der Waals surface area contributed by atoms with E-state index in [4.69, 9.17) is 9.47 Å². The van der Waals surface area contributed by atoms with Crippen LogP contribution in [0.15, 0.2) is 48.5 Å². The average molecular weight is 299 g/mol. The number of carbonyl (C=O) groups excluding carboxylic acids is 2. The van der Waals surface area contributed by atoms with Crippen molar-refractivity contribution in [3.63, 3.8) is 0 Å². The SMILES string of the molecule is COc1ccc(C(=O)NCC(=O)c2cccc(OC)c2)cc1. The molecule has 0 aliphatic heterocycles. The first-order valence-corrected chi connectivity index (χ1v) is 6.73. The Morgan fingerprint density at radius 2 is 1.59 bits per heavy atom. The molecule has 2 aromatic carbocycles. The van der Waals surface area contributed by atoms with Crippen molar-refractivity contribution in [2.45, 2.75) is 0 Å². The van der Waals surface area contributed by atoms with Crippen LogP contribution in [-0.4, -0.2) is 32.5 Å². The fourth-order valence-corrected chi connectivity index (χ4v) is 1.90. The fraction of sp³-hybridized carbons (Fsp3) is 0.176. The summed E-state index contributed by atoms with van der Waals surface area (Å²) in [5.41, 5.74) is 0.966. The van der Waals surface area contributed by atoms with Crippen LogP contribution in [-0.2, 0) is 0 Å². The van der Waals surface area contributed by atoms with Gasteiger partial charge in [0, 0.05) is 11.1 Å². The third-order valence-corrected chi connectivity index (χ3v) is 3.15. The minimum atomic E-state index is -0.307. The Labute approximate surface area is 128 Å². The number of amides is 1. The molecule has 0 aliphatic carbocycles. The van der Waals surface area contributed by atoms with E-state index in [-0.39, 0.29) is 18.2 Å². The minimum absolute atomic E-state index is 0.0714.